The Labute approximate surface area is 207 Å². The van der Waals surface area contributed by atoms with E-state index in [2.05, 4.69) is 48.3 Å². The second kappa shape index (κ2) is 9.82. The number of carbonyl (C=O) groups is 2. The van der Waals surface area contributed by atoms with Gasteiger partial charge in [-0.2, -0.15) is 0 Å². The molecule has 1 fully saturated rings. The van der Waals surface area contributed by atoms with Gasteiger partial charge in [0.25, 0.3) is 11.8 Å². The maximum absolute atomic E-state index is 13.1. The van der Waals surface area contributed by atoms with E-state index in [9.17, 15) is 9.59 Å². The lowest BCUT2D eigenvalue weighted by Crippen LogP contribution is -2.49. The number of amides is 2. The van der Waals surface area contributed by atoms with Crippen molar-refractivity contribution >= 4 is 23.2 Å². The molecular weight excluding hydrogens is 436 g/mol. The highest BCUT2D eigenvalue weighted by atomic mass is 16.2. The van der Waals surface area contributed by atoms with E-state index in [0.717, 1.165) is 36.3 Å². The van der Waals surface area contributed by atoms with Crippen molar-refractivity contribution in [3.8, 4) is 0 Å². The van der Waals surface area contributed by atoms with Crippen LogP contribution in [0, 0.1) is 6.92 Å². The van der Waals surface area contributed by atoms with Crippen molar-refractivity contribution in [2.45, 2.75) is 26.4 Å². The van der Waals surface area contributed by atoms with Gasteiger partial charge in [0, 0.05) is 60.8 Å². The Balaban J connectivity index is 1.24. The lowest BCUT2D eigenvalue weighted by molar-refractivity contribution is 0.0738. The molecule has 3 aromatic carbocycles. The summed E-state index contributed by atoms with van der Waals surface area (Å²) >= 11 is 0. The SMILES string of the molecule is CCCN1C(=O)c2ccccc2C1Nc1ccc(C(=O)N2CCN(c3ccccc3C)CC2)cc1. The van der Waals surface area contributed by atoms with Crippen LogP contribution in [0.1, 0.15) is 51.4 Å². The van der Waals surface area contributed by atoms with Gasteiger partial charge in [0.1, 0.15) is 6.17 Å². The molecule has 0 radical (unpaired) electrons. The smallest absolute Gasteiger partial charge is 0.256 e. The van der Waals surface area contributed by atoms with Crippen molar-refractivity contribution in [1.29, 1.82) is 0 Å². The monoisotopic (exact) mass is 468 g/mol. The predicted molar refractivity (Wildman–Crippen MR) is 140 cm³/mol. The number of anilines is 2. The van der Waals surface area contributed by atoms with Gasteiger partial charge >= 0.3 is 0 Å². The minimum atomic E-state index is -0.199. The molecule has 0 aliphatic carbocycles. The van der Waals surface area contributed by atoms with Crippen molar-refractivity contribution in [3.05, 3.63) is 95.1 Å². The minimum absolute atomic E-state index is 0.0648. The molecule has 6 nitrogen and oxygen atoms in total. The molecule has 1 N–H and O–H groups in total. The van der Waals surface area contributed by atoms with Crippen molar-refractivity contribution in [2.75, 3.05) is 42.9 Å². The third-order valence-electron chi connectivity index (χ3n) is 6.98. The highest BCUT2D eigenvalue weighted by molar-refractivity contribution is 5.99. The molecule has 0 aromatic heterocycles. The van der Waals surface area contributed by atoms with Crippen LogP contribution in [0.2, 0.25) is 0 Å². The van der Waals surface area contributed by atoms with E-state index in [0.29, 0.717) is 25.2 Å². The summed E-state index contributed by atoms with van der Waals surface area (Å²) in [7, 11) is 0. The first-order valence-electron chi connectivity index (χ1n) is 12.4. The van der Waals surface area contributed by atoms with Gasteiger partial charge < -0.3 is 20.0 Å². The number of nitrogens with zero attached hydrogens (tertiary/aromatic N) is 3. The predicted octanol–water partition coefficient (Wildman–Crippen LogP) is 4.93. The quantitative estimate of drug-likeness (QED) is 0.557. The Morgan fingerprint density at radius 1 is 0.914 bits per heavy atom. The van der Waals surface area contributed by atoms with Crippen LogP contribution in [0.5, 0.6) is 0 Å². The Morgan fingerprint density at radius 3 is 2.31 bits per heavy atom. The van der Waals surface area contributed by atoms with E-state index in [1.807, 2.05) is 58.3 Å². The number of aryl methyl sites for hydroxylation is 1. The highest BCUT2D eigenvalue weighted by Gasteiger charge is 2.35. The van der Waals surface area contributed by atoms with Crippen LogP contribution in [0.25, 0.3) is 0 Å². The number of hydrogen-bond acceptors (Lipinski definition) is 4. The molecular formula is C29H32N4O2. The zero-order chi connectivity index (χ0) is 24.4. The number of fused-ring (bicyclic) bond motifs is 1. The van der Waals surface area contributed by atoms with Crippen LogP contribution < -0.4 is 10.2 Å². The molecule has 2 amide bonds. The first kappa shape index (κ1) is 23.0. The molecule has 3 aromatic rings. The van der Waals surface area contributed by atoms with E-state index >= 15 is 0 Å². The molecule has 0 saturated carbocycles. The lowest BCUT2D eigenvalue weighted by atomic mass is 10.1. The number of piperazine rings is 1. The van der Waals surface area contributed by atoms with E-state index in [1.54, 1.807) is 0 Å². The summed E-state index contributed by atoms with van der Waals surface area (Å²) in [6, 6.07) is 23.8. The van der Waals surface area contributed by atoms with Gasteiger partial charge in [0.05, 0.1) is 0 Å². The van der Waals surface area contributed by atoms with Crippen LogP contribution in [0.3, 0.4) is 0 Å². The Kier molecular flexibility index (Phi) is 6.45. The Hall–Kier alpha value is -3.80. The molecule has 0 spiro atoms. The van der Waals surface area contributed by atoms with E-state index < -0.39 is 0 Å². The molecule has 1 atom stereocenters. The van der Waals surface area contributed by atoms with Gasteiger partial charge in [0.15, 0.2) is 0 Å². The molecule has 5 rings (SSSR count). The van der Waals surface area contributed by atoms with Gasteiger partial charge in [-0.1, -0.05) is 43.3 Å². The molecule has 35 heavy (non-hydrogen) atoms. The molecule has 6 heteroatoms. The Morgan fingerprint density at radius 2 is 1.60 bits per heavy atom. The maximum atomic E-state index is 13.1. The van der Waals surface area contributed by atoms with Crippen LogP contribution >= 0.6 is 0 Å². The van der Waals surface area contributed by atoms with Gasteiger partial charge in [-0.3, -0.25) is 9.59 Å². The second-order valence-corrected chi connectivity index (χ2v) is 9.28. The van der Waals surface area contributed by atoms with E-state index in [-0.39, 0.29) is 18.0 Å². The largest absolute Gasteiger partial charge is 0.368 e. The highest BCUT2D eigenvalue weighted by Crippen LogP contribution is 2.34. The van der Waals surface area contributed by atoms with E-state index in [1.165, 1.54) is 11.3 Å². The maximum Gasteiger partial charge on any atom is 0.256 e. The first-order chi connectivity index (χ1) is 17.1. The summed E-state index contributed by atoms with van der Waals surface area (Å²) in [6.07, 6.45) is 0.692. The van der Waals surface area contributed by atoms with Gasteiger partial charge in [-0.05, 0) is 55.3 Å². The summed E-state index contributed by atoms with van der Waals surface area (Å²) in [5.41, 5.74) is 5.85. The summed E-state index contributed by atoms with van der Waals surface area (Å²) in [4.78, 5) is 32.2. The van der Waals surface area contributed by atoms with Gasteiger partial charge in [0.2, 0.25) is 0 Å². The second-order valence-electron chi connectivity index (χ2n) is 9.28. The molecule has 180 valence electrons. The third kappa shape index (κ3) is 4.48. The zero-order valence-corrected chi connectivity index (χ0v) is 20.4. The number of nitrogens with one attached hydrogen (secondary N) is 1. The van der Waals surface area contributed by atoms with Crippen molar-refractivity contribution in [2.24, 2.45) is 0 Å². The molecule has 1 unspecified atom stereocenters. The van der Waals surface area contributed by atoms with Crippen LogP contribution in [0.15, 0.2) is 72.8 Å². The first-order valence-corrected chi connectivity index (χ1v) is 12.4. The average Bonchev–Trinajstić information content (AvgIpc) is 3.16. The summed E-state index contributed by atoms with van der Waals surface area (Å²) in [5.74, 6) is 0.131. The Bertz CT molecular complexity index is 1220. The van der Waals surface area contributed by atoms with E-state index in [4.69, 9.17) is 0 Å². The topological polar surface area (TPSA) is 55.9 Å². The number of rotatable bonds is 6. The van der Waals surface area contributed by atoms with Crippen LogP contribution in [-0.2, 0) is 0 Å². The fourth-order valence-electron chi connectivity index (χ4n) is 5.12. The molecule has 0 bridgehead atoms. The number of carbonyl (C=O) groups excluding carboxylic acids is 2. The fraction of sp³-hybridized carbons (Fsp3) is 0.310. The van der Waals surface area contributed by atoms with Gasteiger partial charge in [-0.25, -0.2) is 0 Å². The van der Waals surface area contributed by atoms with Crippen LogP contribution in [-0.4, -0.2) is 54.3 Å². The van der Waals surface area contributed by atoms with Crippen molar-refractivity contribution in [3.63, 3.8) is 0 Å². The molecule has 2 aliphatic heterocycles. The molecule has 2 aliphatic rings. The van der Waals surface area contributed by atoms with Crippen molar-refractivity contribution in [1.82, 2.24) is 9.80 Å². The number of hydrogen-bond donors (Lipinski definition) is 1. The average molecular weight is 469 g/mol. The normalized spacial score (nSPS) is 17.5. The summed E-state index contributed by atoms with van der Waals surface area (Å²) in [6.45, 7) is 7.98. The molecule has 2 heterocycles. The summed E-state index contributed by atoms with van der Waals surface area (Å²) in [5, 5.41) is 3.51. The van der Waals surface area contributed by atoms with Gasteiger partial charge in [-0.15, -0.1) is 0 Å². The van der Waals surface area contributed by atoms with Crippen molar-refractivity contribution < 1.29 is 9.59 Å². The third-order valence-corrected chi connectivity index (χ3v) is 6.98. The lowest BCUT2D eigenvalue weighted by Gasteiger charge is -2.36. The molecule has 1 saturated heterocycles. The number of para-hydroxylation sites is 1. The number of benzene rings is 3. The fourth-order valence-corrected chi connectivity index (χ4v) is 5.12. The standard InChI is InChI=1S/C29H32N4O2/c1-3-16-33-27(24-9-5-6-10-25(24)29(33)35)30-23-14-12-22(13-15-23)28(34)32-19-17-31(18-20-32)26-11-7-4-8-21(26)2/h4-15,27,30H,3,16-20H2,1-2H3. The van der Waals surface area contributed by atoms with Crippen LogP contribution in [0.4, 0.5) is 11.4 Å². The summed E-state index contributed by atoms with van der Waals surface area (Å²) < 4.78 is 0. The minimum Gasteiger partial charge on any atom is -0.368 e. The zero-order valence-electron chi connectivity index (χ0n) is 20.4.